The highest BCUT2D eigenvalue weighted by molar-refractivity contribution is 5.75. The summed E-state index contributed by atoms with van der Waals surface area (Å²) in [5, 5.41) is 0. The van der Waals surface area contributed by atoms with Crippen LogP contribution in [0.25, 0.3) is 16.9 Å². The van der Waals surface area contributed by atoms with Gasteiger partial charge in [-0.25, -0.2) is 4.98 Å². The van der Waals surface area contributed by atoms with Crippen LogP contribution in [0.5, 0.6) is 0 Å². The zero-order valence-corrected chi connectivity index (χ0v) is 12.0. The summed E-state index contributed by atoms with van der Waals surface area (Å²) < 4.78 is 1.94. The lowest BCUT2D eigenvalue weighted by atomic mass is 10.1. The summed E-state index contributed by atoms with van der Waals surface area (Å²) in [7, 11) is 4.02. The zero-order chi connectivity index (χ0) is 14.3. The summed E-state index contributed by atoms with van der Waals surface area (Å²) in [4.78, 5) is 6.68. The van der Waals surface area contributed by atoms with Crippen molar-refractivity contribution in [1.29, 1.82) is 0 Å². The number of aryl methyl sites for hydroxylation is 1. The maximum Gasteiger partial charge on any atom is 0.139 e. The van der Waals surface area contributed by atoms with Crippen molar-refractivity contribution in [2.75, 3.05) is 24.7 Å². The van der Waals surface area contributed by atoms with Gasteiger partial charge in [0, 0.05) is 25.9 Å². The molecule has 0 saturated carbocycles. The number of nitrogens with zero attached hydrogens (tertiary/aromatic N) is 3. The largest absolute Gasteiger partial charge is 0.383 e. The van der Waals surface area contributed by atoms with Crippen molar-refractivity contribution in [2.45, 2.75) is 6.92 Å². The van der Waals surface area contributed by atoms with Gasteiger partial charge in [0.1, 0.15) is 17.2 Å². The summed E-state index contributed by atoms with van der Waals surface area (Å²) in [6.45, 7) is 2.07. The Labute approximate surface area is 118 Å². The number of nitrogen functional groups attached to an aromatic ring is 1. The average molecular weight is 266 g/mol. The van der Waals surface area contributed by atoms with Gasteiger partial charge in [0.05, 0.1) is 5.69 Å². The van der Waals surface area contributed by atoms with E-state index in [1.54, 1.807) is 0 Å². The molecule has 0 aliphatic carbocycles. The van der Waals surface area contributed by atoms with Crippen LogP contribution in [0, 0.1) is 6.92 Å². The molecule has 20 heavy (non-hydrogen) atoms. The highest BCUT2D eigenvalue weighted by Crippen LogP contribution is 2.27. The number of nitrogens with two attached hydrogens (primary N) is 1. The van der Waals surface area contributed by atoms with Crippen LogP contribution in [0.1, 0.15) is 5.56 Å². The maximum absolute atomic E-state index is 6.26. The van der Waals surface area contributed by atoms with E-state index in [0.29, 0.717) is 5.82 Å². The third kappa shape index (κ3) is 1.99. The quantitative estimate of drug-likeness (QED) is 0.775. The molecule has 0 atom stereocenters. The van der Waals surface area contributed by atoms with E-state index in [-0.39, 0.29) is 0 Å². The predicted octanol–water partition coefficient (Wildman–Crippen LogP) is 2.96. The normalized spacial score (nSPS) is 10.9. The predicted molar refractivity (Wildman–Crippen MR) is 84.1 cm³/mol. The first-order valence-electron chi connectivity index (χ1n) is 6.58. The fraction of sp³-hybridized carbons (Fsp3) is 0.188. The fourth-order valence-corrected chi connectivity index (χ4v) is 2.24. The Balaban J connectivity index is 2.17. The number of aromatic nitrogens is 2. The highest BCUT2D eigenvalue weighted by atomic mass is 15.1. The number of hydrogen-bond donors (Lipinski definition) is 1. The van der Waals surface area contributed by atoms with Crippen LogP contribution in [0.3, 0.4) is 0 Å². The van der Waals surface area contributed by atoms with E-state index >= 15 is 0 Å². The maximum atomic E-state index is 6.26. The number of hydrogen-bond acceptors (Lipinski definition) is 3. The van der Waals surface area contributed by atoms with Gasteiger partial charge in [-0.1, -0.05) is 29.8 Å². The summed E-state index contributed by atoms with van der Waals surface area (Å²) in [5.74, 6) is 0.674. The fourth-order valence-electron chi connectivity index (χ4n) is 2.24. The Bertz CT molecular complexity index is 754. The number of imidazole rings is 1. The van der Waals surface area contributed by atoms with Crippen LogP contribution < -0.4 is 10.6 Å². The number of fused-ring (bicyclic) bond motifs is 1. The van der Waals surface area contributed by atoms with Crippen molar-refractivity contribution in [3.05, 3.63) is 48.2 Å². The molecular formula is C16H18N4. The van der Waals surface area contributed by atoms with Crippen LogP contribution in [-0.4, -0.2) is 23.5 Å². The number of rotatable bonds is 2. The summed E-state index contributed by atoms with van der Waals surface area (Å²) >= 11 is 0. The van der Waals surface area contributed by atoms with Crippen LogP contribution >= 0.6 is 0 Å². The molecular weight excluding hydrogens is 248 g/mol. The van der Waals surface area contributed by atoms with Crippen molar-refractivity contribution in [1.82, 2.24) is 9.38 Å². The Morgan fingerprint density at radius 3 is 2.40 bits per heavy atom. The van der Waals surface area contributed by atoms with E-state index in [1.165, 1.54) is 5.56 Å². The molecule has 0 bridgehead atoms. The molecule has 0 fully saturated rings. The van der Waals surface area contributed by atoms with Gasteiger partial charge in [-0.05, 0) is 19.1 Å². The van der Waals surface area contributed by atoms with Gasteiger partial charge in [-0.2, -0.15) is 0 Å². The van der Waals surface area contributed by atoms with E-state index in [1.807, 2.05) is 41.7 Å². The molecule has 0 radical (unpaired) electrons. The van der Waals surface area contributed by atoms with Crippen LogP contribution in [0.15, 0.2) is 42.6 Å². The third-order valence-electron chi connectivity index (χ3n) is 3.48. The summed E-state index contributed by atoms with van der Waals surface area (Å²) in [6, 6.07) is 12.3. The number of benzene rings is 1. The lowest BCUT2D eigenvalue weighted by Gasteiger charge is -2.12. The Kier molecular flexibility index (Phi) is 2.86. The molecule has 2 N–H and O–H groups in total. The number of anilines is 2. The van der Waals surface area contributed by atoms with Crippen LogP contribution in [-0.2, 0) is 0 Å². The van der Waals surface area contributed by atoms with Crippen molar-refractivity contribution in [2.24, 2.45) is 0 Å². The van der Waals surface area contributed by atoms with Gasteiger partial charge >= 0.3 is 0 Å². The van der Waals surface area contributed by atoms with Gasteiger partial charge < -0.3 is 10.6 Å². The first-order valence-corrected chi connectivity index (χ1v) is 6.58. The van der Waals surface area contributed by atoms with Gasteiger partial charge in [-0.15, -0.1) is 0 Å². The first-order chi connectivity index (χ1) is 9.56. The van der Waals surface area contributed by atoms with E-state index in [0.717, 1.165) is 22.6 Å². The Hall–Kier alpha value is -2.49. The Morgan fingerprint density at radius 1 is 1.05 bits per heavy atom. The summed E-state index contributed by atoms with van der Waals surface area (Å²) in [5.41, 5.74) is 11.3. The SMILES string of the molecule is Cc1ccc(-c2nc3ccc(N(C)C)cn3c2N)cc1. The molecule has 102 valence electrons. The molecule has 0 spiro atoms. The van der Waals surface area contributed by atoms with Gasteiger partial charge in [-0.3, -0.25) is 4.40 Å². The molecule has 4 nitrogen and oxygen atoms in total. The molecule has 3 rings (SSSR count). The molecule has 0 amide bonds. The van der Waals surface area contributed by atoms with Crippen molar-refractivity contribution < 1.29 is 0 Å². The number of pyridine rings is 1. The topological polar surface area (TPSA) is 46.6 Å². The molecule has 1 aromatic carbocycles. The van der Waals surface area contributed by atoms with Gasteiger partial charge in [0.25, 0.3) is 0 Å². The van der Waals surface area contributed by atoms with E-state index in [9.17, 15) is 0 Å². The van der Waals surface area contributed by atoms with Crippen molar-refractivity contribution in [3.8, 4) is 11.3 Å². The van der Waals surface area contributed by atoms with Crippen LogP contribution in [0.2, 0.25) is 0 Å². The summed E-state index contributed by atoms with van der Waals surface area (Å²) in [6.07, 6.45) is 2.01. The minimum Gasteiger partial charge on any atom is -0.383 e. The van der Waals surface area contributed by atoms with Crippen molar-refractivity contribution in [3.63, 3.8) is 0 Å². The lowest BCUT2D eigenvalue weighted by Crippen LogP contribution is -2.09. The molecule has 0 saturated heterocycles. The second-order valence-electron chi connectivity index (χ2n) is 5.22. The van der Waals surface area contributed by atoms with Gasteiger partial charge in [0.15, 0.2) is 0 Å². The second-order valence-corrected chi connectivity index (χ2v) is 5.22. The lowest BCUT2D eigenvalue weighted by molar-refractivity contribution is 1.09. The Morgan fingerprint density at radius 2 is 1.75 bits per heavy atom. The molecule has 4 heteroatoms. The molecule has 0 aliphatic rings. The molecule has 2 aromatic heterocycles. The van der Waals surface area contributed by atoms with E-state index < -0.39 is 0 Å². The molecule has 0 aliphatic heterocycles. The van der Waals surface area contributed by atoms with Gasteiger partial charge in [0.2, 0.25) is 0 Å². The molecule has 2 heterocycles. The highest BCUT2D eigenvalue weighted by Gasteiger charge is 2.11. The molecule has 3 aromatic rings. The zero-order valence-electron chi connectivity index (χ0n) is 12.0. The average Bonchev–Trinajstić information content (AvgIpc) is 2.76. The van der Waals surface area contributed by atoms with Crippen LogP contribution in [0.4, 0.5) is 11.5 Å². The van der Waals surface area contributed by atoms with E-state index in [2.05, 4.69) is 36.2 Å². The molecule has 0 unspecified atom stereocenters. The van der Waals surface area contributed by atoms with Crippen molar-refractivity contribution >= 4 is 17.2 Å². The third-order valence-corrected chi connectivity index (χ3v) is 3.48. The minimum atomic E-state index is 0.674. The standard InChI is InChI=1S/C16H18N4/c1-11-4-6-12(7-5-11)15-16(17)20-10-13(19(2)3)8-9-14(20)18-15/h4-10H,17H2,1-3H3. The minimum absolute atomic E-state index is 0.674. The van der Waals surface area contributed by atoms with E-state index in [4.69, 9.17) is 5.73 Å². The second kappa shape index (κ2) is 4.56. The smallest absolute Gasteiger partial charge is 0.139 e. The first kappa shape index (κ1) is 12.5. The monoisotopic (exact) mass is 266 g/mol.